The first kappa shape index (κ1) is 33.7. The molecule has 15 nitrogen and oxygen atoms in total. The average molecular weight is 682 g/mol. The van der Waals surface area contributed by atoms with Crippen molar-refractivity contribution in [3.63, 3.8) is 0 Å². The summed E-state index contributed by atoms with van der Waals surface area (Å²) in [4.78, 5) is 60.8. The third-order valence-corrected chi connectivity index (χ3v) is 9.87. The molecular weight excluding hydrogens is 651 g/mol. The molecule has 45 heavy (non-hydrogen) atoms. The minimum atomic E-state index is -4.20. The molecule has 0 radical (unpaired) electrons. The Morgan fingerprint density at radius 1 is 1.27 bits per heavy atom. The van der Waals surface area contributed by atoms with Gasteiger partial charge in [-0.15, -0.1) is 23.1 Å². The Bertz CT molecular complexity index is 1650. The Morgan fingerprint density at radius 3 is 2.56 bits per heavy atom. The largest absolute Gasteiger partial charge is 0.481 e. The lowest BCUT2D eigenvalue weighted by Gasteiger charge is -2.53. The fourth-order valence-electron chi connectivity index (χ4n) is 4.22. The number of rotatable bonds is 11. The van der Waals surface area contributed by atoms with Crippen molar-refractivity contribution in [1.29, 1.82) is 0 Å². The van der Waals surface area contributed by atoms with Crippen LogP contribution in [0.1, 0.15) is 32.0 Å². The van der Waals surface area contributed by atoms with Gasteiger partial charge in [-0.3, -0.25) is 14.4 Å². The lowest BCUT2D eigenvalue weighted by atomic mass is 9.87. The van der Waals surface area contributed by atoms with Gasteiger partial charge in [-0.2, -0.15) is 8.42 Å². The first-order valence-corrected chi connectivity index (χ1v) is 16.6. The minimum Gasteiger partial charge on any atom is -0.481 e. The predicted molar refractivity (Wildman–Crippen MR) is 163 cm³/mol. The third-order valence-electron chi connectivity index (χ3n) is 6.44. The molecule has 1 aromatic heterocycles. The van der Waals surface area contributed by atoms with E-state index in [1.165, 1.54) is 22.4 Å². The molecule has 0 spiro atoms. The van der Waals surface area contributed by atoms with E-state index in [9.17, 15) is 32.7 Å². The smallest absolute Gasteiger partial charge is 0.347 e. The zero-order chi connectivity index (χ0) is 33.2. The molecule has 2 aromatic rings. The van der Waals surface area contributed by atoms with E-state index in [0.29, 0.717) is 0 Å². The van der Waals surface area contributed by atoms with Crippen LogP contribution in [0.4, 0.5) is 5.13 Å². The summed E-state index contributed by atoms with van der Waals surface area (Å²) in [5.74, 6) is -3.48. The van der Waals surface area contributed by atoms with Crippen molar-refractivity contribution in [2.24, 2.45) is 10.6 Å². The molecule has 0 saturated carbocycles. The molecule has 3 heterocycles. The number of nitrogens with zero attached hydrogens (tertiary/aromatic N) is 3. The number of anilines is 1. The molecule has 0 bridgehead atoms. The third kappa shape index (κ3) is 7.93. The van der Waals surface area contributed by atoms with Gasteiger partial charge in [0.25, 0.3) is 5.91 Å². The summed E-state index contributed by atoms with van der Waals surface area (Å²) in [6.07, 6.45) is 1.90. The van der Waals surface area contributed by atoms with Crippen LogP contribution in [0, 0.1) is 12.3 Å². The number of nitrogen functional groups attached to an aromatic ring is 1. The normalized spacial score (nSPS) is 21.9. The molecule has 18 heteroatoms. The Labute approximate surface area is 266 Å². The number of nitrogens with two attached hydrogens (primary N) is 1. The van der Waals surface area contributed by atoms with Crippen molar-refractivity contribution < 1.29 is 46.5 Å². The number of hydrogen-bond acceptors (Lipinski definition) is 14. The fourth-order valence-corrected chi connectivity index (χ4v) is 7.06. The van der Waals surface area contributed by atoms with Gasteiger partial charge in [0.05, 0.1) is 0 Å². The molecule has 2 amide bonds. The molecular formula is C27H31N5O10S3. The van der Waals surface area contributed by atoms with Gasteiger partial charge in [-0.25, -0.2) is 9.78 Å². The number of carboxylic acids is 1. The molecule has 3 atom stereocenters. The number of aromatic nitrogens is 1. The van der Waals surface area contributed by atoms with Crippen molar-refractivity contribution >= 4 is 67.8 Å². The summed E-state index contributed by atoms with van der Waals surface area (Å²) in [7, 11) is -4.20. The van der Waals surface area contributed by atoms with Crippen molar-refractivity contribution in [3.05, 3.63) is 53.2 Å². The van der Waals surface area contributed by atoms with Crippen molar-refractivity contribution in [3.8, 4) is 0 Å². The molecule has 2 aliphatic heterocycles. The van der Waals surface area contributed by atoms with Gasteiger partial charge in [0.15, 0.2) is 10.8 Å². The first-order chi connectivity index (χ1) is 21.0. The van der Waals surface area contributed by atoms with Gasteiger partial charge in [0.2, 0.25) is 12.5 Å². The van der Waals surface area contributed by atoms with Crippen LogP contribution < -0.4 is 11.1 Å². The van der Waals surface area contributed by atoms with Crippen LogP contribution in [0.25, 0.3) is 0 Å². The number of fused-ring (bicyclic) bond motifs is 1. The number of ether oxygens (including phenoxy) is 1. The number of carbonyl (C=O) groups is 4. The van der Waals surface area contributed by atoms with Crippen LogP contribution >= 0.6 is 23.1 Å². The lowest BCUT2D eigenvalue weighted by molar-refractivity contribution is -0.160. The van der Waals surface area contributed by atoms with E-state index in [1.54, 1.807) is 39.8 Å². The molecule has 242 valence electrons. The monoisotopic (exact) mass is 681 g/mol. The van der Waals surface area contributed by atoms with E-state index >= 15 is 0 Å². The second kappa shape index (κ2) is 13.1. The van der Waals surface area contributed by atoms with E-state index in [4.69, 9.17) is 19.5 Å². The highest BCUT2D eigenvalue weighted by molar-refractivity contribution is 8.00. The standard InChI is InChI=1S/C27H31N5O10S3/c1-15-5-7-16(8-6-15)45(38,39)41-10-9-27(24(36)37)13-32-22(35)20(23(32)44-14-27)30-21(34)19(17-12-43-25(28)29-17)31-40-11-18(33)42-26(2,3)4/h5-10,12,20,23H,11,13-14H2,1-4H3,(H2,28,29)(H,30,34)(H,36,37)/t20?,23-,27?/m1/s1. The number of nitrogens with one attached hydrogen (secondary N) is 1. The molecule has 0 aliphatic carbocycles. The van der Waals surface area contributed by atoms with Crippen LogP contribution in [-0.4, -0.2) is 88.8 Å². The first-order valence-electron chi connectivity index (χ1n) is 13.3. The zero-order valence-electron chi connectivity index (χ0n) is 24.6. The van der Waals surface area contributed by atoms with E-state index < -0.39 is 62.9 Å². The van der Waals surface area contributed by atoms with Crippen LogP contribution in [0.3, 0.4) is 0 Å². The molecule has 4 N–H and O–H groups in total. The predicted octanol–water partition coefficient (Wildman–Crippen LogP) is 1.49. The number of benzene rings is 1. The SMILES string of the molecule is Cc1ccc(S(=O)(=O)OC=CC2(C(=O)O)CS[C@@H]3C(NC(=O)C(=NOCC(=O)OC(C)(C)C)c4csc(N)n4)C(=O)N3C2)cc1. The van der Waals surface area contributed by atoms with Crippen molar-refractivity contribution in [2.75, 3.05) is 24.6 Å². The number of carboxylic acid groups (broad SMARTS) is 1. The van der Waals surface area contributed by atoms with Gasteiger partial charge in [-0.1, -0.05) is 22.9 Å². The molecule has 2 unspecified atom stereocenters. The van der Waals surface area contributed by atoms with Crippen LogP contribution in [0.15, 0.2) is 52.0 Å². The van der Waals surface area contributed by atoms with E-state index in [0.717, 1.165) is 41.0 Å². The molecule has 2 fully saturated rings. The maximum absolute atomic E-state index is 13.2. The summed E-state index contributed by atoms with van der Waals surface area (Å²) in [6, 6.07) is 4.89. The zero-order valence-corrected chi connectivity index (χ0v) is 27.0. The number of hydrogen-bond donors (Lipinski definition) is 3. The van der Waals surface area contributed by atoms with Crippen LogP contribution in [0.5, 0.6) is 0 Å². The minimum absolute atomic E-state index is 0.0507. The number of amides is 2. The van der Waals surface area contributed by atoms with Gasteiger partial charge in [-0.05, 0) is 45.9 Å². The second-order valence-electron chi connectivity index (χ2n) is 11.1. The summed E-state index contributed by atoms with van der Waals surface area (Å²) >= 11 is 2.12. The van der Waals surface area contributed by atoms with Crippen molar-refractivity contribution in [1.82, 2.24) is 15.2 Å². The number of esters is 1. The Hall–Kier alpha value is -4.16. The van der Waals surface area contributed by atoms with Crippen LogP contribution in [0.2, 0.25) is 0 Å². The van der Waals surface area contributed by atoms with Crippen LogP contribution in [-0.2, 0) is 43.1 Å². The van der Waals surface area contributed by atoms with Crippen molar-refractivity contribution in [2.45, 2.75) is 49.6 Å². The number of oxime groups is 1. The molecule has 1 aromatic carbocycles. The second-order valence-corrected chi connectivity index (χ2v) is 14.7. The Morgan fingerprint density at radius 2 is 1.96 bits per heavy atom. The van der Waals surface area contributed by atoms with Gasteiger partial charge >= 0.3 is 22.1 Å². The van der Waals surface area contributed by atoms with Gasteiger partial charge in [0, 0.05) is 17.7 Å². The summed E-state index contributed by atoms with van der Waals surface area (Å²) < 4.78 is 35.1. The summed E-state index contributed by atoms with van der Waals surface area (Å²) in [5, 5.41) is 17.3. The summed E-state index contributed by atoms with van der Waals surface area (Å²) in [5.41, 5.74) is 3.84. The maximum Gasteiger partial charge on any atom is 0.347 e. The number of carbonyl (C=O) groups excluding carboxylic acids is 3. The number of β-lactam (4-membered cyclic amide) rings is 1. The van der Waals surface area contributed by atoms with E-state index in [1.807, 2.05) is 0 Å². The summed E-state index contributed by atoms with van der Waals surface area (Å²) in [6.45, 7) is 5.93. The average Bonchev–Trinajstić information content (AvgIpc) is 3.38. The maximum atomic E-state index is 13.2. The van der Waals surface area contributed by atoms with E-state index in [2.05, 4.69) is 15.5 Å². The number of thiazole rings is 1. The van der Waals surface area contributed by atoms with Gasteiger partial charge in [0.1, 0.15) is 39.3 Å². The quantitative estimate of drug-likeness (QED) is 0.0766. The van der Waals surface area contributed by atoms with E-state index in [-0.39, 0.29) is 33.7 Å². The molecule has 4 rings (SSSR count). The highest BCUT2D eigenvalue weighted by Crippen LogP contribution is 2.43. The Balaban J connectivity index is 1.42. The van der Waals surface area contributed by atoms with Gasteiger partial charge < -0.3 is 34.8 Å². The number of thioether (sulfide) groups is 1. The highest BCUT2D eigenvalue weighted by atomic mass is 32.2. The molecule has 2 saturated heterocycles. The topological polar surface area (TPSA) is 217 Å². The molecule has 2 aliphatic rings. The highest BCUT2D eigenvalue weighted by Gasteiger charge is 2.57. The lowest BCUT2D eigenvalue weighted by Crippen LogP contribution is -2.73. The number of aliphatic carboxylic acids is 1. The number of aryl methyl sites for hydroxylation is 1. The fraction of sp³-hybridized carbons (Fsp3) is 0.407. The Kier molecular flexibility index (Phi) is 9.79.